The maximum absolute atomic E-state index is 12.6. The van der Waals surface area contributed by atoms with Crippen LogP contribution in [-0.2, 0) is 16.0 Å². The van der Waals surface area contributed by atoms with Crippen molar-refractivity contribution in [2.24, 2.45) is 9.98 Å². The van der Waals surface area contributed by atoms with Crippen molar-refractivity contribution in [3.63, 3.8) is 0 Å². The fourth-order valence-corrected chi connectivity index (χ4v) is 3.31. The number of nitrogens with one attached hydrogen (secondary N) is 1. The van der Waals surface area contributed by atoms with Crippen molar-refractivity contribution in [1.29, 1.82) is 0 Å². The van der Waals surface area contributed by atoms with E-state index in [1.807, 2.05) is 24.3 Å². The number of aliphatic imine (C=N–C) groups is 2. The summed E-state index contributed by atoms with van der Waals surface area (Å²) in [7, 11) is 0. The molecule has 0 radical (unpaired) electrons. The van der Waals surface area contributed by atoms with Crippen LogP contribution in [0.1, 0.15) is 22.8 Å². The summed E-state index contributed by atoms with van der Waals surface area (Å²) < 4.78 is 11.2. The lowest BCUT2D eigenvalue weighted by molar-refractivity contribution is 0.0805. The topological polar surface area (TPSA) is 102 Å². The first kappa shape index (κ1) is 20.3. The molecular weight excluding hydrogens is 386 g/mol. The van der Waals surface area contributed by atoms with E-state index < -0.39 is 6.35 Å². The predicted molar refractivity (Wildman–Crippen MR) is 113 cm³/mol. The average Bonchev–Trinajstić information content (AvgIpc) is 2.76. The monoisotopic (exact) mass is 410 g/mol. The molecule has 0 bridgehead atoms. The minimum Gasteiger partial charge on any atom is -0.785 e. The maximum Gasteiger partial charge on any atom is 0.274 e. The molecular formula is C21H24N5O4-. The molecule has 0 spiro atoms. The second-order valence-corrected chi connectivity index (χ2v) is 7.21. The molecule has 1 fully saturated rings. The highest BCUT2D eigenvalue weighted by atomic mass is 16.6. The van der Waals surface area contributed by atoms with Gasteiger partial charge in [0.05, 0.1) is 0 Å². The van der Waals surface area contributed by atoms with Crippen LogP contribution in [0.3, 0.4) is 0 Å². The van der Waals surface area contributed by atoms with Crippen molar-refractivity contribution in [2.75, 3.05) is 32.8 Å². The second kappa shape index (κ2) is 9.21. The van der Waals surface area contributed by atoms with E-state index in [0.29, 0.717) is 42.8 Å². The van der Waals surface area contributed by atoms with Gasteiger partial charge in [-0.1, -0.05) is 18.2 Å². The molecule has 1 atom stereocenters. The summed E-state index contributed by atoms with van der Waals surface area (Å²) in [6, 6.07) is 7.41. The smallest absolute Gasteiger partial charge is 0.274 e. The number of hydrogen-bond donors (Lipinski definition) is 1. The minimum absolute atomic E-state index is 0.289. The summed E-state index contributed by atoms with van der Waals surface area (Å²) in [6.07, 6.45) is 4.63. The molecule has 1 saturated heterocycles. The highest BCUT2D eigenvalue weighted by Gasteiger charge is 2.24. The molecule has 158 valence electrons. The molecule has 9 heteroatoms. The lowest BCUT2D eigenvalue weighted by atomic mass is 10.1. The first-order valence-electron chi connectivity index (χ1n) is 9.91. The average molecular weight is 410 g/mol. The third-order valence-corrected chi connectivity index (χ3v) is 4.93. The number of amides is 1. The number of hydroxylamine groups is 2. The quantitative estimate of drug-likeness (QED) is 0.792. The van der Waals surface area contributed by atoms with Crippen LogP contribution in [0.5, 0.6) is 0 Å². The van der Waals surface area contributed by atoms with Crippen molar-refractivity contribution in [3.05, 3.63) is 64.6 Å². The summed E-state index contributed by atoms with van der Waals surface area (Å²) in [6.45, 7) is 5.51. The van der Waals surface area contributed by atoms with Gasteiger partial charge in [-0.05, 0) is 49.9 Å². The zero-order valence-electron chi connectivity index (χ0n) is 16.8. The number of allylic oxidation sites excluding steroid dienone is 2. The molecule has 1 aromatic carbocycles. The molecule has 4 rings (SSSR count). The number of carbonyl (C=O) groups is 1. The number of carbonyl (C=O) groups excluding carboxylic acids is 1. The van der Waals surface area contributed by atoms with Crippen molar-refractivity contribution >= 4 is 17.6 Å². The summed E-state index contributed by atoms with van der Waals surface area (Å²) in [4.78, 5) is 23.3. The van der Waals surface area contributed by atoms with Gasteiger partial charge >= 0.3 is 0 Å². The minimum atomic E-state index is -0.872. The van der Waals surface area contributed by atoms with Crippen LogP contribution < -0.4 is 5.32 Å². The highest BCUT2D eigenvalue weighted by Crippen LogP contribution is 2.15. The molecule has 0 aliphatic carbocycles. The second-order valence-electron chi connectivity index (χ2n) is 7.21. The van der Waals surface area contributed by atoms with E-state index in [0.717, 1.165) is 30.3 Å². The van der Waals surface area contributed by atoms with E-state index in [9.17, 15) is 10.0 Å². The van der Waals surface area contributed by atoms with E-state index in [1.54, 1.807) is 25.1 Å². The predicted octanol–water partition coefficient (Wildman–Crippen LogP) is 1.63. The summed E-state index contributed by atoms with van der Waals surface area (Å²) >= 11 is 0. The first-order valence-corrected chi connectivity index (χ1v) is 9.91. The Labute approximate surface area is 175 Å². The molecule has 0 saturated carbocycles. The standard InChI is InChI=1S/C21H24N5O4/c1-15-22-20(18-4-2-3-13-29-18)30-21(23-15)24-19(27)17-7-5-16(6-8-17)14-25-9-11-26(28)12-10-25/h2-8,21H,9-14H2,1H3,(H,24,27)/q-1. The zero-order chi connectivity index (χ0) is 20.9. The van der Waals surface area contributed by atoms with Gasteiger partial charge in [0.2, 0.25) is 0 Å². The molecule has 1 N–H and O–H groups in total. The Morgan fingerprint density at radius 2 is 2.00 bits per heavy atom. The van der Waals surface area contributed by atoms with Crippen LogP contribution in [0, 0.1) is 5.21 Å². The Hall–Kier alpha value is -3.01. The van der Waals surface area contributed by atoms with Crippen LogP contribution >= 0.6 is 0 Å². The van der Waals surface area contributed by atoms with Crippen molar-refractivity contribution in [2.45, 2.75) is 19.8 Å². The Bertz CT molecular complexity index is 898. The SMILES string of the molecule is CC1=NC(NC(=O)c2ccc(CN3CCN([O-])CC3)cc2)OC(C2=CC=CCO2)=N1. The largest absolute Gasteiger partial charge is 0.785 e. The van der Waals surface area contributed by atoms with Gasteiger partial charge < -0.3 is 19.7 Å². The summed E-state index contributed by atoms with van der Waals surface area (Å²) in [5.74, 6) is 1.01. The Morgan fingerprint density at radius 1 is 1.23 bits per heavy atom. The summed E-state index contributed by atoms with van der Waals surface area (Å²) in [5, 5.41) is 15.1. The van der Waals surface area contributed by atoms with Gasteiger partial charge in [-0.3, -0.25) is 15.0 Å². The third kappa shape index (κ3) is 5.12. The van der Waals surface area contributed by atoms with Crippen LogP contribution in [-0.4, -0.2) is 66.7 Å². The van der Waals surface area contributed by atoms with Crippen molar-refractivity contribution in [1.82, 2.24) is 15.3 Å². The van der Waals surface area contributed by atoms with Gasteiger partial charge in [-0.25, -0.2) is 4.99 Å². The van der Waals surface area contributed by atoms with Gasteiger partial charge in [0.1, 0.15) is 12.4 Å². The molecule has 3 aliphatic rings. The lowest BCUT2D eigenvalue weighted by Crippen LogP contribution is -2.43. The highest BCUT2D eigenvalue weighted by molar-refractivity contribution is 6.03. The van der Waals surface area contributed by atoms with Gasteiger partial charge in [-0.15, -0.1) is 0 Å². The molecule has 1 unspecified atom stereocenters. The molecule has 1 amide bonds. The number of hydrogen-bond acceptors (Lipinski definition) is 8. The number of piperazine rings is 1. The van der Waals surface area contributed by atoms with Crippen LogP contribution in [0.15, 0.2) is 58.2 Å². The molecule has 30 heavy (non-hydrogen) atoms. The van der Waals surface area contributed by atoms with Gasteiger partial charge in [0.15, 0.2) is 5.76 Å². The fraction of sp³-hybridized carbons (Fsp3) is 0.381. The Morgan fingerprint density at radius 3 is 2.70 bits per heavy atom. The molecule has 3 heterocycles. The Kier molecular flexibility index (Phi) is 6.22. The fourth-order valence-electron chi connectivity index (χ4n) is 3.31. The van der Waals surface area contributed by atoms with E-state index in [-0.39, 0.29) is 5.91 Å². The Balaban J connectivity index is 1.34. The van der Waals surface area contributed by atoms with Gasteiger partial charge in [-0.2, -0.15) is 4.99 Å². The van der Waals surface area contributed by atoms with Crippen LogP contribution in [0.2, 0.25) is 0 Å². The molecule has 1 aromatic rings. The normalized spacial score (nSPS) is 22.3. The number of benzene rings is 1. The maximum atomic E-state index is 12.6. The molecule has 0 aromatic heterocycles. The van der Waals surface area contributed by atoms with E-state index >= 15 is 0 Å². The summed E-state index contributed by atoms with van der Waals surface area (Å²) in [5.41, 5.74) is 1.61. The molecule has 9 nitrogen and oxygen atoms in total. The number of ether oxygens (including phenoxy) is 2. The number of rotatable bonds is 5. The lowest BCUT2D eigenvalue weighted by Gasteiger charge is -2.38. The van der Waals surface area contributed by atoms with Gasteiger partial charge in [0.25, 0.3) is 18.2 Å². The van der Waals surface area contributed by atoms with Crippen molar-refractivity contribution < 1.29 is 14.3 Å². The van der Waals surface area contributed by atoms with E-state index in [1.165, 1.54) is 0 Å². The van der Waals surface area contributed by atoms with E-state index in [4.69, 9.17) is 9.47 Å². The number of amidine groups is 1. The van der Waals surface area contributed by atoms with Gasteiger partial charge in [0, 0.05) is 25.2 Å². The number of nitrogens with zero attached hydrogens (tertiary/aromatic N) is 4. The van der Waals surface area contributed by atoms with Crippen LogP contribution in [0.4, 0.5) is 0 Å². The molecule has 3 aliphatic heterocycles. The third-order valence-electron chi connectivity index (χ3n) is 4.93. The van der Waals surface area contributed by atoms with Crippen LogP contribution in [0.25, 0.3) is 0 Å². The van der Waals surface area contributed by atoms with Crippen molar-refractivity contribution in [3.8, 4) is 0 Å². The first-order chi connectivity index (χ1) is 14.6. The zero-order valence-corrected chi connectivity index (χ0v) is 16.8. The van der Waals surface area contributed by atoms with E-state index in [2.05, 4.69) is 20.2 Å².